The normalized spacial score (nSPS) is 15.4. The van der Waals surface area contributed by atoms with Crippen LogP contribution in [0.5, 0.6) is 5.75 Å². The van der Waals surface area contributed by atoms with E-state index >= 15 is 4.39 Å². The second kappa shape index (κ2) is 12.2. The summed E-state index contributed by atoms with van der Waals surface area (Å²) >= 11 is 0. The molecule has 8 nitrogen and oxygen atoms in total. The van der Waals surface area contributed by atoms with Gasteiger partial charge in [0.2, 0.25) is 5.91 Å². The zero-order valence-electron chi connectivity index (χ0n) is 21.3. The van der Waals surface area contributed by atoms with Crippen LogP contribution < -0.4 is 15.4 Å². The number of amides is 3. The number of nitrogens with one attached hydrogen (secondary N) is 2. The molecule has 3 amide bonds. The minimum absolute atomic E-state index is 0.106. The van der Waals surface area contributed by atoms with Crippen LogP contribution in [0.4, 0.5) is 20.6 Å². The van der Waals surface area contributed by atoms with E-state index in [4.69, 9.17) is 4.74 Å². The number of methoxy groups -OCH3 is 1. The fraction of sp³-hybridized carbons (Fsp3) is 0.276. The predicted octanol–water partition coefficient (Wildman–Crippen LogP) is 5.33. The summed E-state index contributed by atoms with van der Waals surface area (Å²) in [5, 5.41) is 5.58. The number of likely N-dealkylation sites (tertiary alicyclic amines) is 1. The summed E-state index contributed by atoms with van der Waals surface area (Å²) < 4.78 is 25.2. The topological polar surface area (TPSA) is 97.0 Å². The van der Waals surface area contributed by atoms with E-state index in [1.807, 2.05) is 31.2 Å². The van der Waals surface area contributed by atoms with E-state index in [9.17, 15) is 14.4 Å². The van der Waals surface area contributed by atoms with Gasteiger partial charge >= 0.3 is 12.0 Å². The third-order valence-electron chi connectivity index (χ3n) is 6.37. The fourth-order valence-corrected chi connectivity index (χ4v) is 4.43. The van der Waals surface area contributed by atoms with Gasteiger partial charge in [0.15, 0.2) is 0 Å². The summed E-state index contributed by atoms with van der Waals surface area (Å²) in [6.45, 7) is 2.30. The Morgan fingerprint density at radius 1 is 1.03 bits per heavy atom. The zero-order valence-corrected chi connectivity index (χ0v) is 21.3. The highest BCUT2D eigenvalue weighted by molar-refractivity contribution is 6.00. The van der Waals surface area contributed by atoms with Gasteiger partial charge in [0.25, 0.3) is 6.36 Å². The molecule has 0 spiro atoms. The maximum absolute atomic E-state index is 15.1. The molecule has 1 aliphatic rings. The number of urea groups is 1. The summed E-state index contributed by atoms with van der Waals surface area (Å²) in [6, 6.07) is 19.4. The van der Waals surface area contributed by atoms with Crippen molar-refractivity contribution in [2.24, 2.45) is 0 Å². The maximum Gasteiger partial charge on any atom is 0.337 e. The first-order chi connectivity index (χ1) is 18.3. The largest absolute Gasteiger partial charge is 0.465 e. The summed E-state index contributed by atoms with van der Waals surface area (Å²) in [7, 11) is 1.29. The summed E-state index contributed by atoms with van der Waals surface area (Å²) in [6.07, 6.45) is -0.429. The highest BCUT2D eigenvalue weighted by Crippen LogP contribution is 2.26. The van der Waals surface area contributed by atoms with E-state index < -0.39 is 18.4 Å². The summed E-state index contributed by atoms with van der Waals surface area (Å²) in [5.41, 5.74) is 3.21. The van der Waals surface area contributed by atoms with Gasteiger partial charge in [-0.25, -0.2) is 9.59 Å². The Hall–Kier alpha value is -4.40. The first-order valence-electron chi connectivity index (χ1n) is 12.3. The lowest BCUT2D eigenvalue weighted by Gasteiger charge is -2.27. The van der Waals surface area contributed by atoms with Gasteiger partial charge in [-0.05, 0) is 73.4 Å². The van der Waals surface area contributed by atoms with Crippen LogP contribution in [0.15, 0.2) is 72.8 Å². The molecule has 0 radical (unpaired) electrons. The molecule has 2 atom stereocenters. The van der Waals surface area contributed by atoms with Gasteiger partial charge in [0.05, 0.1) is 25.1 Å². The van der Waals surface area contributed by atoms with Crippen LogP contribution in [0.25, 0.3) is 0 Å². The molecule has 1 fully saturated rings. The van der Waals surface area contributed by atoms with Crippen LogP contribution in [-0.4, -0.2) is 48.9 Å². The van der Waals surface area contributed by atoms with Crippen LogP contribution in [0, 0.1) is 6.92 Å². The second-order valence-electron chi connectivity index (χ2n) is 9.05. The lowest BCUT2D eigenvalue weighted by molar-refractivity contribution is -0.135. The lowest BCUT2D eigenvalue weighted by Crippen LogP contribution is -2.44. The number of esters is 1. The Bertz CT molecular complexity index is 1280. The minimum atomic E-state index is -1.71. The number of benzene rings is 3. The fourth-order valence-electron chi connectivity index (χ4n) is 4.43. The Kier molecular flexibility index (Phi) is 8.58. The van der Waals surface area contributed by atoms with Crippen molar-refractivity contribution >= 4 is 29.3 Å². The Labute approximate surface area is 220 Å². The van der Waals surface area contributed by atoms with E-state index in [1.165, 1.54) is 36.3 Å². The Balaban J connectivity index is 1.33. The molecule has 0 aromatic heterocycles. The molecule has 0 saturated carbocycles. The monoisotopic (exact) mass is 519 g/mol. The number of nitrogens with zero attached hydrogens (tertiary/aromatic N) is 1. The van der Waals surface area contributed by atoms with E-state index in [0.717, 1.165) is 11.1 Å². The molecule has 2 N–H and O–H groups in total. The van der Waals surface area contributed by atoms with E-state index in [0.29, 0.717) is 36.3 Å². The molecule has 3 aromatic carbocycles. The Morgan fingerprint density at radius 2 is 1.76 bits per heavy atom. The average Bonchev–Trinajstić information content (AvgIpc) is 3.41. The number of ether oxygens (including phenoxy) is 2. The van der Waals surface area contributed by atoms with Crippen LogP contribution in [0.2, 0.25) is 0 Å². The number of rotatable bonds is 8. The van der Waals surface area contributed by atoms with Gasteiger partial charge in [-0.3, -0.25) is 4.79 Å². The molecule has 198 valence electrons. The SMILES string of the molecule is COC(=O)c1ccc(OC(F)[C@@H]2CCCN2C(=O)Cc2ccc(NC(=O)Nc3ccccc3)c(C)c2)cc1. The molecule has 1 heterocycles. The first-order valence-corrected chi connectivity index (χ1v) is 12.3. The number of alkyl halides is 1. The third-order valence-corrected chi connectivity index (χ3v) is 6.37. The Morgan fingerprint density at radius 3 is 2.45 bits per heavy atom. The molecule has 1 saturated heterocycles. The number of carbonyl (C=O) groups is 3. The van der Waals surface area contributed by atoms with Gasteiger partial charge < -0.3 is 25.0 Å². The minimum Gasteiger partial charge on any atom is -0.465 e. The highest BCUT2D eigenvalue weighted by Gasteiger charge is 2.36. The summed E-state index contributed by atoms with van der Waals surface area (Å²) in [4.78, 5) is 38.5. The van der Waals surface area contributed by atoms with Crippen molar-refractivity contribution < 1.29 is 28.2 Å². The van der Waals surface area contributed by atoms with Crippen molar-refractivity contribution in [1.82, 2.24) is 4.90 Å². The predicted molar refractivity (Wildman–Crippen MR) is 142 cm³/mol. The number of halogens is 1. The zero-order chi connectivity index (χ0) is 27.1. The van der Waals surface area contributed by atoms with E-state index in [1.54, 1.807) is 24.3 Å². The van der Waals surface area contributed by atoms with Gasteiger partial charge in [-0.15, -0.1) is 0 Å². The smallest absolute Gasteiger partial charge is 0.337 e. The molecular formula is C29H30FN3O5. The average molecular weight is 520 g/mol. The van der Waals surface area contributed by atoms with Crippen LogP contribution in [-0.2, 0) is 16.0 Å². The standard InChI is InChI=1S/C29H30FN3O5/c1-19-17-20(10-15-24(19)32-29(36)31-22-7-4-3-5-8-22)18-26(34)33-16-6-9-25(33)27(30)38-23-13-11-21(12-14-23)28(35)37-2/h3-5,7-8,10-15,17,25,27H,6,9,16,18H2,1-2H3,(H2,31,32,36)/t25-,27?/m0/s1. The van der Waals surface area contributed by atoms with Gasteiger partial charge in [0.1, 0.15) is 5.75 Å². The molecule has 9 heteroatoms. The molecular weight excluding hydrogens is 489 g/mol. The van der Waals surface area contributed by atoms with Gasteiger partial charge in [0, 0.05) is 17.9 Å². The number of hydrogen-bond donors (Lipinski definition) is 2. The molecule has 1 aliphatic heterocycles. The maximum atomic E-state index is 15.1. The van der Waals surface area contributed by atoms with Crippen molar-refractivity contribution in [3.8, 4) is 5.75 Å². The lowest BCUT2D eigenvalue weighted by atomic mass is 10.1. The van der Waals surface area contributed by atoms with Gasteiger partial charge in [-0.1, -0.05) is 30.3 Å². The number of para-hydroxylation sites is 1. The molecule has 3 aromatic rings. The van der Waals surface area contributed by atoms with Crippen molar-refractivity contribution in [3.63, 3.8) is 0 Å². The first kappa shape index (κ1) is 26.7. The second-order valence-corrected chi connectivity index (χ2v) is 9.05. The molecule has 4 rings (SSSR count). The van der Waals surface area contributed by atoms with Crippen LogP contribution in [0.1, 0.15) is 34.3 Å². The van der Waals surface area contributed by atoms with E-state index in [2.05, 4.69) is 15.4 Å². The molecule has 0 aliphatic carbocycles. The van der Waals surface area contributed by atoms with Gasteiger partial charge in [-0.2, -0.15) is 4.39 Å². The number of aryl methyl sites for hydroxylation is 1. The van der Waals surface area contributed by atoms with Crippen molar-refractivity contribution in [3.05, 3.63) is 89.5 Å². The molecule has 38 heavy (non-hydrogen) atoms. The van der Waals surface area contributed by atoms with Crippen LogP contribution in [0.3, 0.4) is 0 Å². The van der Waals surface area contributed by atoms with Crippen molar-refractivity contribution in [2.75, 3.05) is 24.3 Å². The quantitative estimate of drug-likeness (QED) is 0.392. The molecule has 1 unspecified atom stereocenters. The number of anilines is 2. The highest BCUT2D eigenvalue weighted by atomic mass is 19.1. The summed E-state index contributed by atoms with van der Waals surface area (Å²) in [5.74, 6) is -0.420. The third kappa shape index (κ3) is 6.67. The number of hydrogen-bond acceptors (Lipinski definition) is 5. The van der Waals surface area contributed by atoms with Crippen molar-refractivity contribution in [1.29, 1.82) is 0 Å². The van der Waals surface area contributed by atoms with Crippen molar-refractivity contribution in [2.45, 2.75) is 38.6 Å². The van der Waals surface area contributed by atoms with Crippen LogP contribution >= 0.6 is 0 Å². The number of carbonyl (C=O) groups excluding carboxylic acids is 3. The molecule has 0 bridgehead atoms. The van der Waals surface area contributed by atoms with E-state index in [-0.39, 0.29) is 24.1 Å².